The molecule has 12 heteroatoms. The Bertz CT molecular complexity index is 698. The Morgan fingerprint density at radius 1 is 1.03 bits per heavy atom. The fourth-order valence-corrected chi connectivity index (χ4v) is 3.30. The van der Waals surface area contributed by atoms with Crippen LogP contribution in [0.4, 0.5) is 0 Å². The van der Waals surface area contributed by atoms with Crippen molar-refractivity contribution in [2.75, 3.05) is 6.54 Å². The zero-order valence-electron chi connectivity index (χ0n) is 21.6. The van der Waals surface area contributed by atoms with E-state index in [9.17, 15) is 19.2 Å². The molecule has 0 fully saturated rings. The second-order valence-corrected chi connectivity index (χ2v) is 9.25. The van der Waals surface area contributed by atoms with Gasteiger partial charge in [-0.1, -0.05) is 34.6 Å². The van der Waals surface area contributed by atoms with Crippen LogP contribution in [-0.2, 0) is 23.9 Å². The molecule has 0 saturated carbocycles. The molecule has 8 N–H and O–H groups in total. The maximum Gasteiger partial charge on any atom is 0.338 e. The van der Waals surface area contributed by atoms with Crippen LogP contribution < -0.4 is 39.5 Å². The van der Waals surface area contributed by atoms with Crippen LogP contribution in [0.15, 0.2) is 0 Å². The minimum Gasteiger partial charge on any atom is -1.00 e. The van der Waals surface area contributed by atoms with Crippen LogP contribution in [0.1, 0.15) is 79.6 Å². The maximum absolute atomic E-state index is 13.0. The molecule has 0 aromatic rings. The summed E-state index contributed by atoms with van der Waals surface area (Å²) >= 11 is 0. The second kappa shape index (κ2) is 18.7. The first kappa shape index (κ1) is 34.6. The van der Waals surface area contributed by atoms with Crippen molar-refractivity contribution in [3.8, 4) is 0 Å². The lowest BCUT2D eigenvalue weighted by Gasteiger charge is -2.26. The Morgan fingerprint density at radius 3 is 2.14 bits per heavy atom. The number of hydrogen-bond acceptors (Lipinski definition) is 5. The number of nitrogens with two attached hydrogens (primary N) is 2. The van der Waals surface area contributed by atoms with Crippen molar-refractivity contribution >= 4 is 29.7 Å². The number of halogens is 1. The van der Waals surface area contributed by atoms with Crippen LogP contribution >= 0.6 is 0 Å². The largest absolute Gasteiger partial charge is 1.00 e. The van der Waals surface area contributed by atoms with Crippen LogP contribution in [0.25, 0.3) is 0 Å². The minimum absolute atomic E-state index is 0. The van der Waals surface area contributed by atoms with Crippen LogP contribution in [0.2, 0.25) is 0 Å². The van der Waals surface area contributed by atoms with Crippen molar-refractivity contribution in [1.82, 2.24) is 10.6 Å². The first-order chi connectivity index (χ1) is 15.8. The van der Waals surface area contributed by atoms with Gasteiger partial charge >= 0.3 is 17.9 Å². The van der Waals surface area contributed by atoms with Crippen molar-refractivity contribution in [1.29, 1.82) is 0 Å². The number of aliphatic carboxylic acids is 1. The number of carboxylic acid groups (broad SMARTS) is 1. The van der Waals surface area contributed by atoms with Gasteiger partial charge in [-0.2, -0.15) is 0 Å². The number of hydrogen-bond donors (Lipinski definition) is 6. The highest BCUT2D eigenvalue weighted by molar-refractivity contribution is 5.89. The monoisotopic (exact) mass is 521 g/mol. The van der Waals surface area contributed by atoms with E-state index in [1.165, 1.54) is 0 Å². The molecule has 0 bridgehead atoms. The number of guanidine groups is 1. The summed E-state index contributed by atoms with van der Waals surface area (Å²) < 4.78 is 5.12. The van der Waals surface area contributed by atoms with Gasteiger partial charge < -0.3 is 32.9 Å². The lowest BCUT2D eigenvalue weighted by atomic mass is 9.97. The van der Waals surface area contributed by atoms with E-state index in [4.69, 9.17) is 21.3 Å². The molecule has 0 aliphatic carbocycles. The van der Waals surface area contributed by atoms with E-state index in [0.29, 0.717) is 25.8 Å². The van der Waals surface area contributed by atoms with Crippen LogP contribution in [-0.4, -0.2) is 59.6 Å². The predicted molar refractivity (Wildman–Crippen MR) is 128 cm³/mol. The van der Waals surface area contributed by atoms with Gasteiger partial charge in [0.05, 0.1) is 19.4 Å². The van der Waals surface area contributed by atoms with Crippen LogP contribution in [0, 0.1) is 11.8 Å². The van der Waals surface area contributed by atoms with Gasteiger partial charge in [-0.3, -0.25) is 35.6 Å². The molecule has 11 nitrogen and oxygen atoms in total. The summed E-state index contributed by atoms with van der Waals surface area (Å²) in [5.74, 6) is -1.91. The van der Waals surface area contributed by atoms with E-state index in [0.717, 1.165) is 6.42 Å². The van der Waals surface area contributed by atoms with Gasteiger partial charge in [-0.15, -0.1) is 0 Å². The quantitative estimate of drug-likeness (QED) is 0.0489. The molecular formula is C23H44ClN5O6. The Hall–Kier alpha value is -2.56. The van der Waals surface area contributed by atoms with Crippen LogP contribution in [0.3, 0.4) is 0 Å². The summed E-state index contributed by atoms with van der Waals surface area (Å²) in [5, 5.41) is 14.6. The van der Waals surface area contributed by atoms with Gasteiger partial charge in [0.25, 0.3) is 0 Å². The molecular weight excluding hydrogens is 478 g/mol. The summed E-state index contributed by atoms with van der Waals surface area (Å²) in [6.45, 7) is 10.2. The number of carbonyl (C=O) groups is 4. The maximum atomic E-state index is 13.0. The Labute approximate surface area is 214 Å². The lowest BCUT2D eigenvalue weighted by Crippen LogP contribution is -3.00. The number of carbonyl (C=O) groups excluding carboxylic acids is 3. The van der Waals surface area contributed by atoms with Gasteiger partial charge in [0.2, 0.25) is 11.8 Å². The molecule has 0 aliphatic rings. The fourth-order valence-electron chi connectivity index (χ4n) is 3.30. The molecule has 0 aromatic carbocycles. The molecule has 0 spiro atoms. The minimum atomic E-state index is -1.06. The topological polar surface area (TPSA) is 188 Å². The zero-order valence-corrected chi connectivity index (χ0v) is 22.3. The smallest absolute Gasteiger partial charge is 0.338 e. The molecule has 0 radical (unpaired) electrons. The average molecular weight is 522 g/mol. The lowest BCUT2D eigenvalue weighted by molar-refractivity contribution is -0.459. The molecule has 35 heavy (non-hydrogen) atoms. The number of nitrogens with one attached hydrogen (secondary N) is 3. The summed E-state index contributed by atoms with van der Waals surface area (Å²) in [6, 6.07) is -0.818. The number of esters is 1. The van der Waals surface area contributed by atoms with Gasteiger partial charge in [-0.05, 0) is 37.5 Å². The summed E-state index contributed by atoms with van der Waals surface area (Å²) in [7, 11) is 0. The van der Waals surface area contributed by atoms with Crippen LogP contribution in [0.5, 0.6) is 0 Å². The zero-order chi connectivity index (χ0) is 26.3. The van der Waals surface area contributed by atoms with E-state index in [-0.39, 0.29) is 61.4 Å². The van der Waals surface area contributed by atoms with Gasteiger partial charge in [0.1, 0.15) is 12.1 Å². The molecule has 2 amide bonds. The highest BCUT2D eigenvalue weighted by Gasteiger charge is 2.26. The van der Waals surface area contributed by atoms with Gasteiger partial charge in [0, 0.05) is 12.5 Å². The summed E-state index contributed by atoms with van der Waals surface area (Å²) in [6.07, 6.45) is 0.930. The van der Waals surface area contributed by atoms with E-state index < -0.39 is 30.0 Å². The number of ether oxygens (including phenoxy) is 1. The summed E-state index contributed by atoms with van der Waals surface area (Å²) in [4.78, 5) is 51.0. The third-order valence-corrected chi connectivity index (χ3v) is 5.22. The van der Waals surface area contributed by atoms with Crippen molar-refractivity contribution in [2.45, 2.75) is 97.8 Å². The number of carboxylic acids is 1. The van der Waals surface area contributed by atoms with E-state index >= 15 is 0 Å². The number of rotatable bonds is 17. The van der Waals surface area contributed by atoms with E-state index in [1.807, 2.05) is 27.7 Å². The average Bonchev–Trinajstić information content (AvgIpc) is 2.72. The molecule has 0 rings (SSSR count). The highest BCUT2D eigenvalue weighted by Crippen LogP contribution is 2.12. The second-order valence-electron chi connectivity index (χ2n) is 9.25. The van der Waals surface area contributed by atoms with Crippen molar-refractivity contribution < 1.29 is 46.4 Å². The Kier molecular flexibility index (Phi) is 18.5. The molecule has 0 saturated heterocycles. The fraction of sp³-hybridized carbons (Fsp3) is 0.783. The first-order valence-electron chi connectivity index (χ1n) is 12.0. The van der Waals surface area contributed by atoms with Gasteiger partial charge in [-0.25, -0.2) is 0 Å². The third kappa shape index (κ3) is 17.5. The number of amides is 2. The normalized spacial score (nSPS) is 13.2. The standard InChI is InChI=1S/C23H43N5O6.ClH/c1-6-16(13-20(30)31)34-21(32)10-9-19(29)27-18(12-14(2)3)22(33)28-17(15(4)5)8-7-11-26-23(24)25;/h14-18H,6-13H2,1-5H3,(H,27,29)(H,28,33)(H,30,31)(H4,24,25,26);1H. The van der Waals surface area contributed by atoms with E-state index in [2.05, 4.69) is 15.6 Å². The van der Waals surface area contributed by atoms with Crippen molar-refractivity contribution in [3.05, 3.63) is 0 Å². The summed E-state index contributed by atoms with van der Waals surface area (Å²) in [5.41, 5.74) is 10.8. The molecule has 0 aromatic heterocycles. The molecule has 0 aliphatic heterocycles. The Balaban J connectivity index is 0. The third-order valence-electron chi connectivity index (χ3n) is 5.22. The predicted octanol–water partition coefficient (Wildman–Crippen LogP) is -3.63. The SMILES string of the molecule is CCC(CC(=O)O)OC(=O)CCC(=O)NC(CC(C)C)C(=O)NC(CCC[NH+]=C(N)N)C(C)C.[Cl-]. The molecule has 3 unspecified atom stereocenters. The first-order valence-corrected chi connectivity index (χ1v) is 12.0. The van der Waals surface area contributed by atoms with Gasteiger partial charge in [0.15, 0.2) is 0 Å². The molecule has 204 valence electrons. The van der Waals surface area contributed by atoms with E-state index in [1.54, 1.807) is 6.92 Å². The van der Waals surface area contributed by atoms with Crippen molar-refractivity contribution in [2.24, 2.45) is 23.3 Å². The van der Waals surface area contributed by atoms with Crippen molar-refractivity contribution in [3.63, 3.8) is 0 Å². The molecule has 0 heterocycles. The highest BCUT2D eigenvalue weighted by atomic mass is 35.5. The molecule has 3 atom stereocenters. The Morgan fingerprint density at radius 2 is 1.66 bits per heavy atom.